The van der Waals surface area contributed by atoms with Gasteiger partial charge in [-0.15, -0.1) is 30.6 Å². The van der Waals surface area contributed by atoms with Crippen molar-refractivity contribution in [3.8, 4) is 0 Å². The third kappa shape index (κ3) is 68.7. The van der Waals surface area contributed by atoms with Crippen LogP contribution in [-0.2, 0) is 87.6 Å². The number of nitrogens with two attached hydrogens (primary N) is 1. The number of carbonyl (C=O) groups excluding carboxylic acids is 4. The lowest BCUT2D eigenvalue weighted by atomic mass is 10.0. The number of carbonyl (C=O) groups is 6. The molecule has 3 aromatic rings. The zero-order chi connectivity index (χ0) is 73.2. The highest BCUT2D eigenvalue weighted by molar-refractivity contribution is 7.90. The minimum atomic E-state index is -3.73. The SMILES string of the molecule is COC(=O)CCCS(=O)(=O)NC(=O)CCCCCCCCCCCCCCCc1nn[nH]n1.COC(=O)CCCS(N)(=O)=O.O=C(O)CCCCCCCCCCCCCCCc1nn[nH]n1.O=C(O)CCCS(=O)(=O)NC(=O)CCCCCCCCCCCCCCCc1nn[nH]n1. The van der Waals surface area contributed by atoms with Crippen molar-refractivity contribution in [3.63, 3.8) is 0 Å². The van der Waals surface area contributed by atoms with Crippen LogP contribution in [0.25, 0.3) is 0 Å². The summed E-state index contributed by atoms with van der Waals surface area (Å²) >= 11 is 0. The summed E-state index contributed by atoms with van der Waals surface area (Å²) in [4.78, 5) is 65.7. The molecule has 3 aromatic heterocycles. The number of aliphatic carboxylic acids is 2. The highest BCUT2D eigenvalue weighted by atomic mass is 32.2. The van der Waals surface area contributed by atoms with E-state index in [-0.39, 0.29) is 68.6 Å². The van der Waals surface area contributed by atoms with Crippen LogP contribution in [0.3, 0.4) is 0 Å². The Morgan fingerprint density at radius 2 is 0.556 bits per heavy atom. The molecular weight excluding hydrogens is 1340 g/mol. The Morgan fingerprint density at radius 3 is 0.788 bits per heavy atom. The molecule has 0 aromatic carbocycles. The average molecular weight is 1470 g/mol. The number of rotatable bonds is 62. The van der Waals surface area contributed by atoms with E-state index >= 15 is 0 Å². The van der Waals surface area contributed by atoms with Crippen LogP contribution in [0.5, 0.6) is 0 Å². The van der Waals surface area contributed by atoms with Crippen LogP contribution in [0.2, 0.25) is 0 Å². The Balaban J connectivity index is 0.00000137. The summed E-state index contributed by atoms with van der Waals surface area (Å²) in [6, 6.07) is 0. The molecule has 99 heavy (non-hydrogen) atoms. The Morgan fingerprint density at radius 1 is 0.333 bits per heavy atom. The first-order valence-corrected chi connectivity index (χ1v) is 41.4. The van der Waals surface area contributed by atoms with Gasteiger partial charge in [0.1, 0.15) is 0 Å². The number of tetrazole rings is 3. The Hall–Kier alpha value is -6.16. The fourth-order valence-corrected chi connectivity index (χ4v) is 13.1. The molecule has 31 nitrogen and oxygen atoms in total. The first-order chi connectivity index (χ1) is 47.6. The minimum absolute atomic E-state index is 0.000550. The zero-order valence-electron chi connectivity index (χ0n) is 59.6. The number of esters is 2. The molecular formula is C65H123N15O16S3. The Bertz CT molecular complexity index is 2790. The summed E-state index contributed by atoms with van der Waals surface area (Å²) in [5.41, 5.74) is 0. The van der Waals surface area contributed by atoms with E-state index in [2.05, 4.69) is 81.2 Å². The van der Waals surface area contributed by atoms with Crippen molar-refractivity contribution in [2.75, 3.05) is 31.5 Å². The molecule has 0 spiro atoms. The lowest BCUT2D eigenvalue weighted by molar-refractivity contribution is -0.141. The number of H-pyrrole nitrogens is 3. The number of methoxy groups -OCH3 is 2. The highest BCUT2D eigenvalue weighted by Gasteiger charge is 2.17. The lowest BCUT2D eigenvalue weighted by Gasteiger charge is -2.07. The normalized spacial score (nSPS) is 11.3. The van der Waals surface area contributed by atoms with Crippen LogP contribution in [0.1, 0.15) is 326 Å². The average Bonchev–Trinajstić information content (AvgIpc) is 1.98. The molecule has 572 valence electrons. The number of hydrogen-bond donors (Lipinski definition) is 8. The zero-order valence-corrected chi connectivity index (χ0v) is 62.1. The van der Waals surface area contributed by atoms with Gasteiger partial charge in [0, 0.05) is 57.8 Å². The van der Waals surface area contributed by atoms with E-state index in [1.165, 1.54) is 181 Å². The molecule has 0 bridgehead atoms. The monoisotopic (exact) mass is 1470 g/mol. The van der Waals surface area contributed by atoms with Crippen molar-refractivity contribution in [1.29, 1.82) is 0 Å². The number of aromatic amines is 3. The Labute approximate surface area is 589 Å². The number of ether oxygens (including phenoxy) is 2. The molecule has 0 atom stereocenters. The molecule has 0 aliphatic heterocycles. The Kier molecular flexibility index (Phi) is 60.0. The summed E-state index contributed by atoms with van der Waals surface area (Å²) in [5.74, 6) is -1.91. The molecule has 0 aliphatic rings. The van der Waals surface area contributed by atoms with E-state index in [9.17, 15) is 54.0 Å². The molecule has 0 aliphatic carbocycles. The smallest absolute Gasteiger partial charge is 0.305 e. The van der Waals surface area contributed by atoms with Crippen LogP contribution < -0.4 is 14.6 Å². The van der Waals surface area contributed by atoms with Gasteiger partial charge in [-0.05, 0) is 57.8 Å². The molecule has 34 heteroatoms. The van der Waals surface area contributed by atoms with Gasteiger partial charge in [0.2, 0.25) is 41.9 Å². The van der Waals surface area contributed by atoms with E-state index in [1.54, 1.807) is 0 Å². The van der Waals surface area contributed by atoms with Crippen LogP contribution in [0.15, 0.2) is 0 Å². The summed E-state index contributed by atoms with van der Waals surface area (Å²) < 4.78 is 80.5. The number of unbranched alkanes of at least 4 members (excludes halogenated alkanes) is 36. The second kappa shape index (κ2) is 64.0. The summed E-state index contributed by atoms with van der Waals surface area (Å²) in [7, 11) is -8.34. The van der Waals surface area contributed by atoms with E-state index < -0.39 is 65.8 Å². The van der Waals surface area contributed by atoms with Gasteiger partial charge in [-0.25, -0.2) is 30.4 Å². The van der Waals surface area contributed by atoms with Gasteiger partial charge in [-0.2, -0.15) is 15.6 Å². The summed E-state index contributed by atoms with van der Waals surface area (Å²) in [6.45, 7) is 0. The van der Waals surface area contributed by atoms with Crippen LogP contribution >= 0.6 is 0 Å². The molecule has 0 fully saturated rings. The number of nitrogens with one attached hydrogen (secondary N) is 5. The summed E-state index contributed by atoms with van der Waals surface area (Å²) in [5, 5.41) is 63.5. The van der Waals surface area contributed by atoms with E-state index in [0.29, 0.717) is 19.3 Å². The molecule has 0 saturated heterocycles. The highest BCUT2D eigenvalue weighted by Crippen LogP contribution is 2.17. The first kappa shape index (κ1) is 92.8. The molecule has 0 radical (unpaired) electrons. The number of amides is 2. The number of nitrogens with zero attached hydrogens (tertiary/aromatic N) is 9. The molecule has 0 saturated carbocycles. The topological polar surface area (TPSA) is 477 Å². The van der Waals surface area contributed by atoms with Gasteiger partial charge in [-0.1, -0.05) is 228 Å². The van der Waals surface area contributed by atoms with Gasteiger partial charge in [0.05, 0.1) is 31.5 Å². The van der Waals surface area contributed by atoms with Crippen LogP contribution in [0, 0.1) is 0 Å². The van der Waals surface area contributed by atoms with E-state index in [1.807, 2.05) is 4.72 Å². The van der Waals surface area contributed by atoms with Gasteiger partial charge >= 0.3 is 23.9 Å². The van der Waals surface area contributed by atoms with Gasteiger partial charge in [-0.3, -0.25) is 38.2 Å². The third-order valence-electron chi connectivity index (χ3n) is 16.0. The molecule has 9 N–H and O–H groups in total. The van der Waals surface area contributed by atoms with E-state index in [0.717, 1.165) is 107 Å². The largest absolute Gasteiger partial charge is 0.481 e. The van der Waals surface area contributed by atoms with Crippen molar-refractivity contribution in [1.82, 2.24) is 71.3 Å². The quantitative estimate of drug-likeness (QED) is 0.0192. The number of primary sulfonamides is 1. The maximum atomic E-state index is 11.8. The molecule has 2 amide bonds. The van der Waals surface area contributed by atoms with Gasteiger partial charge in [0.15, 0.2) is 17.5 Å². The second-order valence-corrected chi connectivity index (χ2v) is 30.5. The van der Waals surface area contributed by atoms with Crippen LogP contribution in [-0.4, -0.2) is 165 Å². The van der Waals surface area contributed by atoms with E-state index in [4.69, 9.17) is 10.2 Å². The minimum Gasteiger partial charge on any atom is -0.481 e. The third-order valence-corrected chi connectivity index (χ3v) is 19.6. The molecule has 3 rings (SSSR count). The molecule has 3 heterocycles. The van der Waals surface area contributed by atoms with Crippen molar-refractivity contribution < 1.29 is 73.7 Å². The maximum Gasteiger partial charge on any atom is 0.305 e. The standard InChI is InChI=1S/C22H41N5O5S.C21H39N5O5S.C17H32N4O2.C5H11NO4S/c1-32-22(29)18-15-19-33(30,31)25-21(28)17-14-12-10-8-6-4-2-3-5-7-9-11-13-16-20-23-26-27-24-20;27-20(24-32(30,31)18-14-17-21(28)29)16-13-11-9-7-5-3-1-2-4-6-8-10-12-15-19-22-25-26-23-19;22-17(23)15-13-11-9-7-5-3-1-2-4-6-8-10-12-14-16-18-20-21-19-16;1-10-5(7)3-2-4-11(6,8)9/h2-19H2,1H3,(H,25,28)(H,23,24,26,27);1-18H2,(H,24,27)(H,28,29)(H,22,23,25,26);1-15H2,(H,22,23)(H,18,19,20,21);2-4H2,1H3,(H2,6,8,9). The van der Waals surface area contributed by atoms with Gasteiger partial charge in [0.25, 0.3) is 0 Å². The predicted molar refractivity (Wildman–Crippen MR) is 376 cm³/mol. The fourth-order valence-electron chi connectivity index (χ4n) is 10.4. The first-order valence-electron chi connectivity index (χ1n) is 36.4. The second-order valence-electron chi connectivity index (χ2n) is 25.1. The van der Waals surface area contributed by atoms with Crippen molar-refractivity contribution in [3.05, 3.63) is 17.5 Å². The number of carboxylic acid groups (broad SMARTS) is 2. The predicted octanol–water partition coefficient (Wildman–Crippen LogP) is 10.6. The summed E-state index contributed by atoms with van der Waals surface area (Å²) in [6.07, 6.45) is 49.8. The number of hydrogen-bond acceptors (Lipinski definition) is 23. The maximum absolute atomic E-state index is 11.8. The van der Waals surface area contributed by atoms with Crippen molar-refractivity contribution >= 4 is 65.8 Å². The van der Waals surface area contributed by atoms with Crippen molar-refractivity contribution in [2.45, 2.75) is 327 Å². The van der Waals surface area contributed by atoms with Crippen molar-refractivity contribution in [2.24, 2.45) is 5.14 Å². The lowest BCUT2D eigenvalue weighted by Crippen LogP contribution is -2.32. The van der Waals surface area contributed by atoms with Crippen LogP contribution in [0.4, 0.5) is 0 Å². The number of aromatic nitrogens is 12. The molecule has 0 unspecified atom stereocenters. The fraction of sp³-hybridized carbons (Fsp3) is 0.862. The number of sulfonamides is 3. The number of carboxylic acids is 2. The van der Waals surface area contributed by atoms with Gasteiger partial charge < -0.3 is 19.7 Å². The number of aryl methyl sites for hydroxylation is 3.